The number of fused-ring (bicyclic) bond motifs is 1. The van der Waals surface area contributed by atoms with Gasteiger partial charge in [0.2, 0.25) is 0 Å². The van der Waals surface area contributed by atoms with E-state index in [9.17, 15) is 31.4 Å². The smallest absolute Gasteiger partial charge is 0.392 e. The van der Waals surface area contributed by atoms with Crippen molar-refractivity contribution in [3.63, 3.8) is 0 Å². The maximum Gasteiger partial charge on any atom is 0.418 e. The molecule has 1 aliphatic heterocycles. The Balaban J connectivity index is 2.16. The number of hydrogen-bond donors (Lipinski definition) is 3. The summed E-state index contributed by atoms with van der Waals surface area (Å²) < 4.78 is 77.6. The van der Waals surface area contributed by atoms with Crippen LogP contribution in [0.5, 0.6) is 0 Å². The van der Waals surface area contributed by atoms with Gasteiger partial charge in [0.1, 0.15) is 5.82 Å². The van der Waals surface area contributed by atoms with Gasteiger partial charge in [-0.15, -0.1) is 0 Å². The van der Waals surface area contributed by atoms with E-state index < -0.39 is 46.7 Å². The maximum absolute atomic E-state index is 13.1. The Morgan fingerprint density at radius 1 is 1.09 bits per heavy atom. The minimum Gasteiger partial charge on any atom is -0.392 e. The molecule has 126 valence electrons. The largest absolute Gasteiger partial charge is 0.418 e. The zero-order chi connectivity index (χ0) is 17.0. The fraction of sp³-hybridized carbons (Fsp3) is 0.462. The molecule has 2 aromatic rings. The topological polar surface area (TPSA) is 60.9 Å². The summed E-state index contributed by atoms with van der Waals surface area (Å²) in [6.07, 6.45) is -10.3. The number of nitrogens with one attached hydrogen (secondary N) is 2. The summed E-state index contributed by atoms with van der Waals surface area (Å²) in [7, 11) is 0. The molecule has 4 nitrogen and oxygen atoms in total. The number of aliphatic hydroxyl groups excluding tert-OH is 1. The van der Waals surface area contributed by atoms with E-state index in [0.29, 0.717) is 6.07 Å². The van der Waals surface area contributed by atoms with Crippen LogP contribution < -0.4 is 5.32 Å². The highest BCUT2D eigenvalue weighted by molar-refractivity contribution is 5.80. The molecule has 3 rings (SSSR count). The minimum absolute atomic E-state index is 0.0707. The van der Waals surface area contributed by atoms with Gasteiger partial charge < -0.3 is 15.4 Å². The molecule has 2 heterocycles. The third kappa shape index (κ3) is 3.00. The van der Waals surface area contributed by atoms with Crippen molar-refractivity contribution in [3.05, 3.63) is 29.1 Å². The molecule has 1 aromatic heterocycles. The van der Waals surface area contributed by atoms with Gasteiger partial charge in [-0.3, -0.25) is 0 Å². The molecule has 0 radical (unpaired) electrons. The lowest BCUT2D eigenvalue weighted by Crippen LogP contribution is -2.15. The van der Waals surface area contributed by atoms with Crippen LogP contribution in [0.2, 0.25) is 0 Å². The number of aliphatic hydroxyl groups is 1. The van der Waals surface area contributed by atoms with Crippen LogP contribution in [0.25, 0.3) is 11.0 Å². The molecule has 10 heteroatoms. The van der Waals surface area contributed by atoms with Crippen molar-refractivity contribution >= 4 is 11.0 Å². The Bertz CT molecular complexity index is 736. The quantitative estimate of drug-likeness (QED) is 0.700. The first-order valence-corrected chi connectivity index (χ1v) is 6.65. The van der Waals surface area contributed by atoms with Crippen LogP contribution in [0.3, 0.4) is 0 Å². The van der Waals surface area contributed by atoms with Crippen LogP contribution in [-0.4, -0.2) is 27.7 Å². The number of H-pyrrole nitrogens is 1. The number of aromatic amines is 1. The summed E-state index contributed by atoms with van der Waals surface area (Å²) >= 11 is 0. The average molecular weight is 339 g/mol. The highest BCUT2D eigenvalue weighted by atomic mass is 19.4. The van der Waals surface area contributed by atoms with Crippen molar-refractivity contribution in [1.29, 1.82) is 0 Å². The molecule has 1 saturated heterocycles. The summed E-state index contributed by atoms with van der Waals surface area (Å²) in [5.41, 5.74) is -3.73. The lowest BCUT2D eigenvalue weighted by atomic mass is 10.1. The molecule has 0 saturated carbocycles. The Labute approximate surface area is 125 Å². The molecule has 1 fully saturated rings. The first-order valence-electron chi connectivity index (χ1n) is 6.65. The highest BCUT2D eigenvalue weighted by Gasteiger charge is 2.39. The summed E-state index contributed by atoms with van der Waals surface area (Å²) in [6, 6.07) is 0.116. The fourth-order valence-electron chi connectivity index (χ4n) is 2.61. The van der Waals surface area contributed by atoms with Gasteiger partial charge in [-0.05, 0) is 18.6 Å². The number of β-amino-alcohol motifs (C(OH)–C–C–N with tert-alkyl or cyclic N) is 1. The summed E-state index contributed by atoms with van der Waals surface area (Å²) in [5.74, 6) is 0.0707. The number of benzene rings is 1. The molecule has 0 aliphatic carbocycles. The second-order valence-corrected chi connectivity index (χ2v) is 5.39. The maximum atomic E-state index is 13.1. The van der Waals surface area contributed by atoms with Gasteiger partial charge in [0.15, 0.2) is 0 Å². The predicted molar refractivity (Wildman–Crippen MR) is 67.5 cm³/mol. The Morgan fingerprint density at radius 2 is 1.78 bits per heavy atom. The van der Waals surface area contributed by atoms with Crippen LogP contribution in [0.15, 0.2) is 12.1 Å². The van der Waals surface area contributed by atoms with Crippen molar-refractivity contribution < 1.29 is 31.4 Å². The molecule has 23 heavy (non-hydrogen) atoms. The average Bonchev–Trinajstić information content (AvgIpc) is 3.00. The lowest BCUT2D eigenvalue weighted by Gasteiger charge is -2.12. The Hall–Kier alpha value is -1.81. The van der Waals surface area contributed by atoms with Crippen LogP contribution in [0.1, 0.15) is 29.4 Å². The van der Waals surface area contributed by atoms with Crippen molar-refractivity contribution in [2.75, 3.05) is 6.54 Å². The summed E-state index contributed by atoms with van der Waals surface area (Å²) in [4.78, 5) is 6.29. The normalized spacial score (nSPS) is 22.9. The van der Waals surface area contributed by atoms with Crippen molar-refractivity contribution in [2.45, 2.75) is 30.9 Å². The van der Waals surface area contributed by atoms with Gasteiger partial charge in [-0.25, -0.2) is 4.98 Å². The van der Waals surface area contributed by atoms with Crippen molar-refractivity contribution in [1.82, 2.24) is 15.3 Å². The molecule has 1 aliphatic rings. The molecule has 0 unspecified atom stereocenters. The van der Waals surface area contributed by atoms with E-state index in [1.807, 2.05) is 0 Å². The molecular weight excluding hydrogens is 328 g/mol. The first-order chi connectivity index (χ1) is 10.6. The van der Waals surface area contributed by atoms with E-state index in [1.54, 1.807) is 0 Å². The number of rotatable bonds is 1. The lowest BCUT2D eigenvalue weighted by molar-refractivity contribution is -0.142. The van der Waals surface area contributed by atoms with Crippen LogP contribution in [0.4, 0.5) is 26.3 Å². The number of hydrogen-bond acceptors (Lipinski definition) is 3. The second kappa shape index (κ2) is 5.10. The van der Waals surface area contributed by atoms with E-state index in [4.69, 9.17) is 0 Å². The zero-order valence-electron chi connectivity index (χ0n) is 11.4. The first kappa shape index (κ1) is 16.1. The second-order valence-electron chi connectivity index (χ2n) is 5.39. The van der Waals surface area contributed by atoms with E-state index in [0.717, 1.165) is 0 Å². The Kier molecular flexibility index (Phi) is 3.56. The van der Waals surface area contributed by atoms with E-state index in [-0.39, 0.29) is 24.9 Å². The number of halogens is 6. The van der Waals surface area contributed by atoms with Crippen molar-refractivity contribution in [3.8, 4) is 0 Å². The van der Waals surface area contributed by atoms with E-state index in [2.05, 4.69) is 15.3 Å². The predicted octanol–water partition coefficient (Wildman–Crippen LogP) is 3.00. The minimum atomic E-state index is -4.95. The summed E-state index contributed by atoms with van der Waals surface area (Å²) in [5, 5.41) is 12.3. The van der Waals surface area contributed by atoms with E-state index in [1.165, 1.54) is 0 Å². The van der Waals surface area contributed by atoms with Crippen LogP contribution >= 0.6 is 0 Å². The molecular formula is C13H11F6N3O. The molecule has 1 aromatic carbocycles. The monoisotopic (exact) mass is 339 g/mol. The molecule has 3 N–H and O–H groups in total. The van der Waals surface area contributed by atoms with Gasteiger partial charge in [0.05, 0.1) is 34.3 Å². The third-order valence-electron chi connectivity index (χ3n) is 3.68. The number of imidazole rings is 1. The standard InChI is InChI=1S/C13H11F6N3O/c14-12(15,16)5-1-7(13(17,18)19)10-8(2-5)21-11(22-10)9-3-6(23)4-20-9/h1-2,6,9,20,23H,3-4H2,(H,21,22)/t6-,9-/m0/s1. The molecule has 0 bridgehead atoms. The summed E-state index contributed by atoms with van der Waals surface area (Å²) in [6.45, 7) is 0.238. The zero-order valence-corrected chi connectivity index (χ0v) is 11.4. The van der Waals surface area contributed by atoms with E-state index >= 15 is 0 Å². The molecule has 2 atom stereocenters. The number of alkyl halides is 6. The van der Waals surface area contributed by atoms with Crippen LogP contribution in [0, 0.1) is 0 Å². The fourth-order valence-corrected chi connectivity index (χ4v) is 2.61. The van der Waals surface area contributed by atoms with Gasteiger partial charge in [-0.1, -0.05) is 0 Å². The number of nitrogens with zero attached hydrogens (tertiary/aromatic N) is 1. The van der Waals surface area contributed by atoms with Gasteiger partial charge >= 0.3 is 12.4 Å². The van der Waals surface area contributed by atoms with Crippen LogP contribution in [-0.2, 0) is 12.4 Å². The van der Waals surface area contributed by atoms with Gasteiger partial charge in [-0.2, -0.15) is 26.3 Å². The molecule has 0 amide bonds. The Morgan fingerprint density at radius 3 is 2.30 bits per heavy atom. The molecule has 0 spiro atoms. The van der Waals surface area contributed by atoms with Gasteiger partial charge in [0.25, 0.3) is 0 Å². The highest BCUT2D eigenvalue weighted by Crippen LogP contribution is 2.39. The van der Waals surface area contributed by atoms with Gasteiger partial charge in [0, 0.05) is 6.54 Å². The number of aromatic nitrogens is 2. The SMILES string of the molecule is O[C@@H]1CN[C@H](c2nc3cc(C(F)(F)F)cc(C(F)(F)F)c3[nH]2)C1. The third-order valence-corrected chi connectivity index (χ3v) is 3.68. The van der Waals surface area contributed by atoms with Crippen molar-refractivity contribution in [2.24, 2.45) is 0 Å².